The van der Waals surface area contributed by atoms with Crippen LogP contribution in [0.5, 0.6) is 0 Å². The van der Waals surface area contributed by atoms with Crippen molar-refractivity contribution in [3.8, 4) is 22.3 Å². The summed E-state index contributed by atoms with van der Waals surface area (Å²) >= 11 is 1.67. The number of rotatable bonds is 9. The van der Waals surface area contributed by atoms with Crippen LogP contribution in [0.3, 0.4) is 0 Å². The minimum atomic E-state index is -1.46. The molecule has 0 radical (unpaired) electrons. The fourth-order valence-electron chi connectivity index (χ4n) is 10.4. The zero-order chi connectivity index (χ0) is 51.1. The first kappa shape index (κ1) is 33.0. The molecular formula is C65H44N2S. The van der Waals surface area contributed by atoms with Gasteiger partial charge in [0.1, 0.15) is 0 Å². The number of nitrogens with zero attached hydrogens (tertiary/aromatic N) is 2. The van der Waals surface area contributed by atoms with Crippen molar-refractivity contribution in [3.63, 3.8) is 0 Å². The Morgan fingerprint density at radius 3 is 1.44 bits per heavy atom. The number of para-hydroxylation sites is 3. The lowest BCUT2D eigenvalue weighted by molar-refractivity contribution is 0.778. The maximum Gasteiger partial charge on any atom is 0.0720 e. The van der Waals surface area contributed by atoms with E-state index in [-0.39, 0.29) is 28.4 Å². The summed E-state index contributed by atoms with van der Waals surface area (Å²) in [5.41, 5.74) is 10.5. The van der Waals surface area contributed by atoms with Crippen LogP contribution < -0.4 is 9.80 Å². The van der Waals surface area contributed by atoms with E-state index in [2.05, 4.69) is 149 Å². The smallest absolute Gasteiger partial charge is 0.0720 e. The molecule has 0 amide bonds. The summed E-state index contributed by atoms with van der Waals surface area (Å²) < 4.78 is 68.1. The molecule has 0 aliphatic heterocycles. The molecule has 12 aromatic rings. The highest BCUT2D eigenvalue weighted by Crippen LogP contribution is 2.60. The number of hydrogen-bond acceptors (Lipinski definition) is 3. The van der Waals surface area contributed by atoms with Gasteiger partial charge in [-0.25, -0.2) is 0 Å². The summed E-state index contributed by atoms with van der Waals surface area (Å²) in [7, 11) is 0. The Morgan fingerprint density at radius 1 is 0.338 bits per heavy atom. The number of anilines is 6. The lowest BCUT2D eigenvalue weighted by Gasteiger charge is -2.35. The van der Waals surface area contributed by atoms with E-state index < -0.39 is 35.6 Å². The molecule has 1 aliphatic carbocycles. The van der Waals surface area contributed by atoms with E-state index >= 15 is 0 Å². The predicted molar refractivity (Wildman–Crippen MR) is 289 cm³/mol. The second kappa shape index (κ2) is 16.4. The molecular weight excluding hydrogens is 841 g/mol. The Hall–Kier alpha value is -8.50. The Kier molecular flexibility index (Phi) is 7.98. The third-order valence-electron chi connectivity index (χ3n) is 13.4. The number of hydrogen-bond donors (Lipinski definition) is 0. The van der Waals surface area contributed by atoms with Crippen molar-refractivity contribution in [2.45, 2.75) is 5.41 Å². The molecule has 1 heterocycles. The summed E-state index contributed by atoms with van der Waals surface area (Å²) in [6, 6.07) is 74.2. The van der Waals surface area contributed by atoms with Crippen molar-refractivity contribution >= 4 is 76.4 Å². The molecule has 320 valence electrons. The molecule has 13 rings (SSSR count). The topological polar surface area (TPSA) is 6.48 Å². The normalized spacial score (nSPS) is 15.4. The molecule has 1 unspecified atom stereocenters. The standard InChI is InChI=1S/C65H44N2S/c1-5-18-45(19-6-1)46-32-35-52(36-33-46)67(51-26-11-4-12-27-51)54-38-41-62-59(44-54)58-43-53(66(49-22-7-2-8-23-49)50-24-9-3-10-25-50)37-40-61(58)65(62,60-30-17-21-47-20-13-14-28-55(47)60)48-34-39-57-56-29-15-16-31-63(56)68-64(57)42-48/h1-44H/i13D,14D,17D,20D,21D,28D,30D. The van der Waals surface area contributed by atoms with Gasteiger partial charge in [0, 0.05) is 54.3 Å². The predicted octanol–water partition coefficient (Wildman–Crippen LogP) is 18.2. The van der Waals surface area contributed by atoms with Crippen molar-refractivity contribution in [3.05, 3.63) is 289 Å². The highest BCUT2D eigenvalue weighted by molar-refractivity contribution is 7.25. The van der Waals surface area contributed by atoms with Crippen LogP contribution in [0.15, 0.2) is 267 Å². The zero-order valence-corrected chi connectivity index (χ0v) is 37.5. The Balaban J connectivity index is 1.16. The average Bonchev–Trinajstić information content (AvgIpc) is 4.20. The fourth-order valence-corrected chi connectivity index (χ4v) is 11.6. The van der Waals surface area contributed by atoms with Gasteiger partial charge >= 0.3 is 0 Å². The van der Waals surface area contributed by atoms with Crippen molar-refractivity contribution in [1.29, 1.82) is 0 Å². The highest BCUT2D eigenvalue weighted by atomic mass is 32.1. The average molecular weight is 892 g/mol. The second-order valence-corrected chi connectivity index (χ2v) is 18.2. The first-order valence-corrected chi connectivity index (χ1v) is 23.6. The molecule has 0 bridgehead atoms. The molecule has 2 nitrogen and oxygen atoms in total. The summed E-state index contributed by atoms with van der Waals surface area (Å²) in [6.45, 7) is 0. The molecule has 0 fully saturated rings. The van der Waals surface area contributed by atoms with Gasteiger partial charge in [0.05, 0.1) is 15.0 Å². The van der Waals surface area contributed by atoms with E-state index in [1.807, 2.05) is 84.9 Å². The van der Waals surface area contributed by atoms with Crippen molar-refractivity contribution in [1.82, 2.24) is 0 Å². The van der Waals surface area contributed by atoms with Crippen LogP contribution in [0.2, 0.25) is 0 Å². The molecule has 0 spiro atoms. The second-order valence-electron chi connectivity index (χ2n) is 17.1. The molecule has 0 saturated carbocycles. The van der Waals surface area contributed by atoms with Crippen LogP contribution in [0, 0.1) is 0 Å². The summed E-state index contributed by atoms with van der Waals surface area (Å²) in [5, 5.41) is 2.15. The first-order chi connectivity index (χ1) is 36.6. The van der Waals surface area contributed by atoms with Gasteiger partial charge in [0.15, 0.2) is 0 Å². The van der Waals surface area contributed by atoms with Crippen LogP contribution in [0.25, 0.3) is 53.2 Å². The SMILES string of the molecule is [2H]c1c([2H])c([2H])c2c(C3(c4ccc5c(c4)sc4ccccc45)c4ccc(N(c5ccccc5)c5ccccc5)cc4-c4cc(N(c5ccccc5)c5ccc(-c6ccccc6)cc5)ccc43)c([2H])c([2H])c([2H])c2c1[2H]. The molecule has 0 saturated heterocycles. The highest BCUT2D eigenvalue weighted by Gasteiger charge is 2.47. The lowest BCUT2D eigenvalue weighted by Crippen LogP contribution is -2.29. The Bertz CT molecular complexity index is 4160. The number of thiophene rings is 1. The van der Waals surface area contributed by atoms with E-state index in [0.29, 0.717) is 0 Å². The van der Waals surface area contributed by atoms with E-state index in [0.717, 1.165) is 93.2 Å². The monoisotopic (exact) mass is 891 g/mol. The van der Waals surface area contributed by atoms with Crippen molar-refractivity contribution in [2.75, 3.05) is 9.80 Å². The van der Waals surface area contributed by atoms with E-state index in [9.17, 15) is 6.85 Å². The molecule has 0 N–H and O–H groups in total. The third kappa shape index (κ3) is 6.46. The minimum Gasteiger partial charge on any atom is -0.310 e. The maximum absolute atomic E-state index is 10.2. The molecule has 1 atom stereocenters. The fraction of sp³-hybridized carbons (Fsp3) is 0.0154. The Morgan fingerprint density at radius 2 is 0.824 bits per heavy atom. The number of benzene rings is 11. The molecule has 68 heavy (non-hydrogen) atoms. The van der Waals surface area contributed by atoms with Gasteiger partial charge in [-0.3, -0.25) is 0 Å². The van der Waals surface area contributed by atoms with Crippen LogP contribution in [-0.4, -0.2) is 0 Å². The lowest BCUT2D eigenvalue weighted by atomic mass is 9.66. The number of fused-ring (bicyclic) bond motifs is 7. The molecule has 11 aromatic carbocycles. The minimum absolute atomic E-state index is 0.0509. The van der Waals surface area contributed by atoms with E-state index in [4.69, 9.17) is 2.74 Å². The van der Waals surface area contributed by atoms with Crippen LogP contribution >= 0.6 is 11.3 Å². The van der Waals surface area contributed by atoms with Gasteiger partial charge in [-0.2, -0.15) is 0 Å². The molecule has 3 heteroatoms. The van der Waals surface area contributed by atoms with Crippen molar-refractivity contribution in [2.24, 2.45) is 0 Å². The molecule has 1 aromatic heterocycles. The van der Waals surface area contributed by atoms with Gasteiger partial charge < -0.3 is 9.80 Å². The molecule has 1 aliphatic rings. The first-order valence-electron chi connectivity index (χ1n) is 26.3. The van der Waals surface area contributed by atoms with Crippen LogP contribution in [0.4, 0.5) is 34.1 Å². The van der Waals surface area contributed by atoms with Gasteiger partial charge in [-0.1, -0.05) is 182 Å². The van der Waals surface area contributed by atoms with Gasteiger partial charge in [-0.15, -0.1) is 11.3 Å². The third-order valence-corrected chi connectivity index (χ3v) is 14.5. The summed E-state index contributed by atoms with van der Waals surface area (Å²) in [5.74, 6) is 0. The van der Waals surface area contributed by atoms with Crippen LogP contribution in [-0.2, 0) is 5.41 Å². The maximum atomic E-state index is 10.2. The summed E-state index contributed by atoms with van der Waals surface area (Å²) in [4.78, 5) is 4.46. The quantitative estimate of drug-likeness (QED) is 0.142. The van der Waals surface area contributed by atoms with Crippen molar-refractivity contribution < 1.29 is 9.60 Å². The zero-order valence-electron chi connectivity index (χ0n) is 43.7. The summed E-state index contributed by atoms with van der Waals surface area (Å²) in [6.07, 6.45) is 0. The Labute approximate surface area is 410 Å². The van der Waals surface area contributed by atoms with Gasteiger partial charge in [0.2, 0.25) is 0 Å². The van der Waals surface area contributed by atoms with E-state index in [1.54, 1.807) is 11.3 Å². The van der Waals surface area contributed by atoms with Gasteiger partial charge in [-0.05, 0) is 140 Å². The van der Waals surface area contributed by atoms with Crippen LogP contribution in [0.1, 0.15) is 31.8 Å². The van der Waals surface area contributed by atoms with Gasteiger partial charge in [0.25, 0.3) is 0 Å². The largest absolute Gasteiger partial charge is 0.310 e. The van der Waals surface area contributed by atoms with E-state index in [1.165, 1.54) is 0 Å².